The molecule has 3 heterocycles. The quantitative estimate of drug-likeness (QED) is 0.373. The van der Waals surface area contributed by atoms with E-state index in [9.17, 15) is 4.79 Å². The zero-order chi connectivity index (χ0) is 25.0. The summed E-state index contributed by atoms with van der Waals surface area (Å²) in [4.78, 5) is 26.6. The van der Waals surface area contributed by atoms with Crippen molar-refractivity contribution in [2.24, 2.45) is 5.92 Å². The van der Waals surface area contributed by atoms with Crippen molar-refractivity contribution in [3.05, 3.63) is 17.8 Å². The Morgan fingerprint density at radius 2 is 1.59 bits per heavy atom. The summed E-state index contributed by atoms with van der Waals surface area (Å²) in [7, 11) is -5.48. The number of Topliss-reactive ketones (excluding diaryl/α,β-unsaturated/α-hetero) is 1. The lowest BCUT2D eigenvalue weighted by atomic mass is 10.1. The minimum atomic E-state index is -2.84. The van der Waals surface area contributed by atoms with Crippen LogP contribution in [0.3, 0.4) is 0 Å². The van der Waals surface area contributed by atoms with Crippen molar-refractivity contribution >= 4 is 45.7 Å². The summed E-state index contributed by atoms with van der Waals surface area (Å²) < 4.78 is 22.8. The highest BCUT2D eigenvalue weighted by molar-refractivity contribution is 6.84. The van der Waals surface area contributed by atoms with Gasteiger partial charge >= 0.3 is 17.1 Å². The summed E-state index contributed by atoms with van der Waals surface area (Å²) in [6, 6.07) is -0.437. The second-order valence-electron chi connectivity index (χ2n) is 10.9. The molecule has 0 N–H and O–H groups in total. The van der Waals surface area contributed by atoms with Crippen molar-refractivity contribution in [1.82, 2.24) is 19.5 Å². The molecule has 11 heteroatoms. The van der Waals surface area contributed by atoms with E-state index in [1.54, 1.807) is 6.33 Å². The highest BCUT2D eigenvalue weighted by Crippen LogP contribution is 2.49. The summed E-state index contributed by atoms with van der Waals surface area (Å²) in [6.07, 6.45) is 3.08. The first-order valence-electron chi connectivity index (χ1n) is 12.3. The van der Waals surface area contributed by atoms with E-state index in [2.05, 4.69) is 70.3 Å². The first-order valence-corrected chi connectivity index (χ1v) is 16.6. The van der Waals surface area contributed by atoms with Crippen LogP contribution in [-0.2, 0) is 17.8 Å². The Morgan fingerprint density at radius 1 is 0.971 bits per heavy atom. The van der Waals surface area contributed by atoms with E-state index in [0.29, 0.717) is 24.2 Å². The molecule has 2 fully saturated rings. The topological polar surface area (TPSA) is 88.4 Å². The first-order chi connectivity index (χ1) is 15.9. The van der Waals surface area contributed by atoms with Crippen molar-refractivity contribution in [2.75, 3.05) is 6.61 Å². The molecule has 188 valence electrons. The zero-order valence-electron chi connectivity index (χ0n) is 21.4. The van der Waals surface area contributed by atoms with Crippen LogP contribution >= 0.6 is 11.6 Å². The Balaban J connectivity index is 1.78. The zero-order valence-corrected chi connectivity index (χ0v) is 24.2. The van der Waals surface area contributed by atoms with Gasteiger partial charge in [-0.15, -0.1) is 0 Å². The number of halogens is 1. The third-order valence-corrected chi connectivity index (χ3v) is 18.1. The number of carbonyl (C=O) groups is 1. The number of hydrogen-bond donors (Lipinski definition) is 0. The maximum atomic E-state index is 13.9. The summed E-state index contributed by atoms with van der Waals surface area (Å²) >= 11 is 6.21. The van der Waals surface area contributed by atoms with E-state index in [0.717, 1.165) is 0 Å². The molecule has 1 unspecified atom stereocenters. The van der Waals surface area contributed by atoms with Crippen LogP contribution < -0.4 is 0 Å². The van der Waals surface area contributed by atoms with Crippen molar-refractivity contribution in [1.29, 1.82) is 0 Å². The Morgan fingerprint density at radius 3 is 2.18 bits per heavy atom. The monoisotopic (exact) mass is 524 g/mol. The Hall–Kier alpha value is -1.18. The van der Waals surface area contributed by atoms with Crippen LogP contribution in [0.2, 0.25) is 27.3 Å². The van der Waals surface area contributed by atoms with Crippen LogP contribution in [0.15, 0.2) is 12.7 Å². The van der Waals surface area contributed by atoms with E-state index >= 15 is 0 Å². The molecule has 1 saturated carbocycles. The van der Waals surface area contributed by atoms with Gasteiger partial charge in [-0.25, -0.2) is 15.0 Å². The third-order valence-electron chi connectivity index (χ3n) is 7.59. The SMILES string of the molecule is CC(C)[Si]1(C(C)C)OC[C@H]2CC(n3cnc4c(Cl)ncnc43)C(=O)[C@@H]2O[Si](C(C)C)(C(C)C)O1. The lowest BCUT2D eigenvalue weighted by Crippen LogP contribution is -2.64. The summed E-state index contributed by atoms with van der Waals surface area (Å²) in [6.45, 7) is 17.9. The molecule has 1 saturated heterocycles. The van der Waals surface area contributed by atoms with Gasteiger partial charge in [0.25, 0.3) is 0 Å². The molecule has 2 aromatic heterocycles. The Labute approximate surface area is 209 Å². The minimum absolute atomic E-state index is 0.0349. The molecule has 0 aromatic carbocycles. The lowest BCUT2D eigenvalue weighted by molar-refractivity contribution is -0.128. The normalized spacial score (nSPS) is 27.1. The molecule has 0 radical (unpaired) electrons. The molecule has 3 atom stereocenters. The van der Waals surface area contributed by atoms with Gasteiger partial charge in [-0.1, -0.05) is 67.0 Å². The molecule has 8 nitrogen and oxygen atoms in total. The molecule has 0 spiro atoms. The molecule has 2 aromatic rings. The van der Waals surface area contributed by atoms with Gasteiger partial charge in [-0.05, 0) is 28.6 Å². The van der Waals surface area contributed by atoms with Crippen molar-refractivity contribution in [2.45, 2.75) is 96.1 Å². The molecule has 4 rings (SSSR count). The van der Waals surface area contributed by atoms with Gasteiger partial charge in [-0.2, -0.15) is 0 Å². The molecule has 34 heavy (non-hydrogen) atoms. The number of carbonyl (C=O) groups excluding carboxylic acids is 1. The van der Waals surface area contributed by atoms with Gasteiger partial charge in [-0.3, -0.25) is 4.79 Å². The van der Waals surface area contributed by atoms with Gasteiger partial charge in [0.2, 0.25) is 0 Å². The van der Waals surface area contributed by atoms with Gasteiger partial charge < -0.3 is 17.5 Å². The lowest BCUT2D eigenvalue weighted by Gasteiger charge is -2.51. The second-order valence-corrected chi connectivity index (χ2v) is 20.1. The summed E-state index contributed by atoms with van der Waals surface area (Å²) in [5, 5.41) is 0.281. The number of nitrogens with zero attached hydrogens (tertiary/aromatic N) is 4. The smallest absolute Gasteiger partial charge is 0.335 e. The van der Waals surface area contributed by atoms with Crippen LogP contribution in [-0.4, -0.2) is 55.1 Å². The van der Waals surface area contributed by atoms with Gasteiger partial charge in [0.15, 0.2) is 16.6 Å². The average Bonchev–Trinajstić information content (AvgIpc) is 3.29. The fourth-order valence-electron chi connectivity index (χ4n) is 5.71. The maximum absolute atomic E-state index is 13.9. The van der Waals surface area contributed by atoms with E-state index in [1.165, 1.54) is 6.33 Å². The van der Waals surface area contributed by atoms with E-state index in [4.69, 9.17) is 24.6 Å². The van der Waals surface area contributed by atoms with Crippen LogP contribution in [0, 0.1) is 5.92 Å². The largest absolute Gasteiger partial charge is 0.414 e. The molecule has 1 aliphatic heterocycles. The first kappa shape index (κ1) is 25.9. The fraction of sp³-hybridized carbons (Fsp3) is 0.739. The highest BCUT2D eigenvalue weighted by atomic mass is 35.5. The molecule has 0 amide bonds. The number of rotatable bonds is 5. The van der Waals surface area contributed by atoms with Crippen molar-refractivity contribution < 1.29 is 17.8 Å². The van der Waals surface area contributed by atoms with Gasteiger partial charge in [0.1, 0.15) is 17.9 Å². The number of aromatic nitrogens is 4. The van der Waals surface area contributed by atoms with E-state index < -0.39 is 29.3 Å². The predicted octanol–water partition coefficient (Wildman–Crippen LogP) is 5.57. The highest BCUT2D eigenvalue weighted by Gasteiger charge is 2.61. The van der Waals surface area contributed by atoms with Crippen LogP contribution in [0.25, 0.3) is 11.2 Å². The molecular weight excluding hydrogens is 488 g/mol. The Kier molecular flexibility index (Phi) is 7.13. The Bertz CT molecular complexity index is 1040. The van der Waals surface area contributed by atoms with Crippen molar-refractivity contribution in [3.8, 4) is 0 Å². The molecule has 1 aliphatic carbocycles. The third kappa shape index (κ3) is 4.00. The minimum Gasteiger partial charge on any atom is -0.414 e. The van der Waals surface area contributed by atoms with E-state index in [1.807, 2.05) is 4.57 Å². The predicted molar refractivity (Wildman–Crippen MR) is 136 cm³/mol. The molecular formula is C23H37ClN4O4Si2. The van der Waals surface area contributed by atoms with Crippen molar-refractivity contribution in [3.63, 3.8) is 0 Å². The van der Waals surface area contributed by atoms with Crippen LogP contribution in [0.5, 0.6) is 0 Å². The van der Waals surface area contributed by atoms with Gasteiger partial charge in [0.05, 0.1) is 12.4 Å². The number of imidazole rings is 1. The average molecular weight is 525 g/mol. The van der Waals surface area contributed by atoms with E-state index in [-0.39, 0.29) is 39.0 Å². The number of fused-ring (bicyclic) bond motifs is 2. The van der Waals surface area contributed by atoms with Gasteiger partial charge in [0, 0.05) is 12.5 Å². The molecule has 0 bridgehead atoms. The standard InChI is InChI=1S/C23H37ClN4O4Si2/c1-13(2)33(14(3)4)30-10-17-9-18(28-12-27-19-22(24)25-11-26-23(19)28)20(29)21(17)31-34(32-33,15(5)6)16(7)8/h11-18,21H,9-10H2,1-8H3/t17-,18?,21-/m1/s1. The maximum Gasteiger partial charge on any atom is 0.335 e. The number of hydrogen-bond acceptors (Lipinski definition) is 7. The number of ketones is 1. The summed E-state index contributed by atoms with van der Waals surface area (Å²) in [5.74, 6) is -0.0161. The molecule has 2 aliphatic rings. The second kappa shape index (κ2) is 9.36. The van der Waals surface area contributed by atoms with Crippen LogP contribution in [0.4, 0.5) is 0 Å². The summed E-state index contributed by atoms with van der Waals surface area (Å²) in [5.41, 5.74) is 1.94. The van der Waals surface area contributed by atoms with Crippen LogP contribution in [0.1, 0.15) is 67.9 Å². The fourth-order valence-corrected chi connectivity index (χ4v) is 17.1.